The van der Waals surface area contributed by atoms with Crippen LogP contribution in [-0.4, -0.2) is 52.0 Å². The third-order valence-electron chi connectivity index (χ3n) is 4.67. The first-order chi connectivity index (χ1) is 13.2. The number of rotatable bonds is 4. The molecule has 0 spiro atoms. The Bertz CT molecular complexity index is 896. The second-order valence-electron chi connectivity index (χ2n) is 8.02. The Morgan fingerprint density at radius 3 is 2.64 bits per heavy atom. The van der Waals surface area contributed by atoms with Crippen LogP contribution in [0.15, 0.2) is 30.5 Å². The average molecular weight is 386 g/mol. The van der Waals surface area contributed by atoms with Gasteiger partial charge in [-0.15, -0.1) is 0 Å². The van der Waals surface area contributed by atoms with Gasteiger partial charge in [0.25, 0.3) is 0 Å². The maximum absolute atomic E-state index is 12.8. The van der Waals surface area contributed by atoms with E-state index in [0.717, 1.165) is 10.9 Å². The van der Waals surface area contributed by atoms with Gasteiger partial charge in [-0.2, -0.15) is 0 Å². The molecule has 7 nitrogen and oxygen atoms in total. The van der Waals surface area contributed by atoms with Gasteiger partial charge in [-0.3, -0.25) is 9.69 Å². The number of nitrogens with one attached hydrogen (secondary N) is 1. The van der Waals surface area contributed by atoms with Crippen molar-refractivity contribution in [1.29, 1.82) is 0 Å². The van der Waals surface area contributed by atoms with Gasteiger partial charge in [0.1, 0.15) is 11.6 Å². The van der Waals surface area contributed by atoms with Crippen molar-refractivity contribution in [3.8, 4) is 0 Å². The summed E-state index contributed by atoms with van der Waals surface area (Å²) >= 11 is 0. The average Bonchev–Trinajstić information content (AvgIpc) is 3.26. The largest absolute Gasteiger partial charge is 0.453 e. The molecular formula is C21H26N2O5. The number of hydrogen-bond acceptors (Lipinski definition) is 5. The molecule has 3 rings (SSSR count). The van der Waals surface area contributed by atoms with Crippen LogP contribution >= 0.6 is 0 Å². The Balaban J connectivity index is 1.68. The van der Waals surface area contributed by atoms with Crippen LogP contribution in [0.4, 0.5) is 4.79 Å². The Kier molecular flexibility index (Phi) is 5.45. The molecule has 0 bridgehead atoms. The molecule has 1 saturated heterocycles. The molecule has 1 fully saturated rings. The molecule has 0 aliphatic carbocycles. The third-order valence-corrected chi connectivity index (χ3v) is 4.67. The first kappa shape index (κ1) is 19.9. The number of amides is 1. The monoisotopic (exact) mass is 386 g/mol. The summed E-state index contributed by atoms with van der Waals surface area (Å²) in [6.07, 6.45) is 1.31. The maximum atomic E-state index is 12.8. The standard InChI is InChI=1S/C21H26N2O5/c1-13(18(24)15-12-22-16-9-6-5-8-14(15)16)27-19(25)17-10-7-11-23(17)20(26)28-21(2,3)4/h5-6,8-9,12-13,17,22H,7,10-11H2,1-4H3/t13-,17-/m1/s1. The number of ether oxygens (including phenoxy) is 2. The first-order valence-electron chi connectivity index (χ1n) is 9.48. The SMILES string of the molecule is C[C@@H](OC(=O)[C@H]1CCCN1C(=O)OC(C)(C)C)C(=O)c1c[nH]c2ccccc12. The number of aromatic amines is 1. The number of nitrogens with zero attached hydrogens (tertiary/aromatic N) is 1. The summed E-state index contributed by atoms with van der Waals surface area (Å²) in [6, 6.07) is 6.71. The van der Waals surface area contributed by atoms with Crippen LogP contribution in [0.3, 0.4) is 0 Å². The van der Waals surface area contributed by atoms with Gasteiger partial charge in [0.15, 0.2) is 6.10 Å². The summed E-state index contributed by atoms with van der Waals surface area (Å²) in [7, 11) is 0. The number of fused-ring (bicyclic) bond motifs is 1. The zero-order valence-corrected chi connectivity index (χ0v) is 16.7. The van der Waals surface area contributed by atoms with Crippen molar-refractivity contribution in [2.45, 2.75) is 58.3 Å². The predicted molar refractivity (Wildman–Crippen MR) is 104 cm³/mol. The zero-order valence-electron chi connectivity index (χ0n) is 16.7. The van der Waals surface area contributed by atoms with E-state index in [-0.39, 0.29) is 5.78 Å². The van der Waals surface area contributed by atoms with Gasteiger partial charge in [-0.05, 0) is 46.6 Å². The fourth-order valence-electron chi connectivity index (χ4n) is 3.35. The van der Waals surface area contributed by atoms with Gasteiger partial charge in [-0.25, -0.2) is 9.59 Å². The quantitative estimate of drug-likeness (QED) is 0.640. The molecule has 1 aromatic heterocycles. The molecule has 0 saturated carbocycles. The molecule has 1 aromatic carbocycles. The van der Waals surface area contributed by atoms with Gasteiger partial charge in [0, 0.05) is 29.2 Å². The van der Waals surface area contributed by atoms with E-state index < -0.39 is 29.8 Å². The number of benzene rings is 1. The van der Waals surface area contributed by atoms with Crippen LogP contribution in [0, 0.1) is 0 Å². The van der Waals surface area contributed by atoms with Crippen molar-refractivity contribution in [2.75, 3.05) is 6.54 Å². The fourth-order valence-corrected chi connectivity index (χ4v) is 3.35. The summed E-state index contributed by atoms with van der Waals surface area (Å²) in [5.41, 5.74) is 0.676. The number of para-hydroxylation sites is 1. The number of Topliss-reactive ketones (excluding diaryl/α,β-unsaturated/α-hetero) is 1. The molecule has 2 aromatic rings. The zero-order chi connectivity index (χ0) is 20.5. The smallest absolute Gasteiger partial charge is 0.411 e. The van der Waals surface area contributed by atoms with Gasteiger partial charge in [0.2, 0.25) is 5.78 Å². The van der Waals surface area contributed by atoms with Crippen LogP contribution in [0.1, 0.15) is 50.9 Å². The molecule has 1 N–H and O–H groups in total. The first-order valence-corrected chi connectivity index (χ1v) is 9.48. The van der Waals surface area contributed by atoms with Crippen molar-refractivity contribution in [2.24, 2.45) is 0 Å². The molecule has 1 amide bonds. The number of likely N-dealkylation sites (tertiary alicyclic amines) is 1. The lowest BCUT2D eigenvalue weighted by atomic mass is 10.1. The molecule has 2 atom stereocenters. The van der Waals surface area contributed by atoms with Crippen LogP contribution in [0.25, 0.3) is 10.9 Å². The van der Waals surface area contributed by atoms with Gasteiger partial charge >= 0.3 is 12.1 Å². The highest BCUT2D eigenvalue weighted by atomic mass is 16.6. The van der Waals surface area contributed by atoms with Crippen LogP contribution in [0.5, 0.6) is 0 Å². The molecule has 1 aliphatic heterocycles. The number of esters is 1. The molecule has 28 heavy (non-hydrogen) atoms. The highest BCUT2D eigenvalue weighted by Gasteiger charge is 2.38. The van der Waals surface area contributed by atoms with Crippen LogP contribution in [0.2, 0.25) is 0 Å². The van der Waals surface area contributed by atoms with E-state index in [9.17, 15) is 14.4 Å². The highest BCUT2D eigenvalue weighted by molar-refractivity contribution is 6.10. The van der Waals surface area contributed by atoms with Crippen LogP contribution < -0.4 is 0 Å². The molecule has 7 heteroatoms. The molecule has 0 radical (unpaired) electrons. The molecule has 1 aliphatic rings. The third kappa shape index (κ3) is 4.18. The van der Waals surface area contributed by atoms with Gasteiger partial charge < -0.3 is 14.5 Å². The fraction of sp³-hybridized carbons (Fsp3) is 0.476. The van der Waals surface area contributed by atoms with E-state index >= 15 is 0 Å². The lowest BCUT2D eigenvalue weighted by molar-refractivity contribution is -0.151. The van der Waals surface area contributed by atoms with E-state index in [0.29, 0.717) is 24.9 Å². The van der Waals surface area contributed by atoms with Crippen molar-refractivity contribution < 1.29 is 23.9 Å². The number of ketones is 1. The Labute approximate surface area is 164 Å². The van der Waals surface area contributed by atoms with E-state index in [1.165, 1.54) is 4.90 Å². The summed E-state index contributed by atoms with van der Waals surface area (Å²) < 4.78 is 10.8. The van der Waals surface area contributed by atoms with Gasteiger partial charge in [0.05, 0.1) is 0 Å². The van der Waals surface area contributed by atoms with Crippen molar-refractivity contribution >= 4 is 28.7 Å². The number of H-pyrrole nitrogens is 1. The second kappa shape index (κ2) is 7.66. The number of carbonyl (C=O) groups excluding carboxylic acids is 3. The number of aromatic nitrogens is 1. The Hall–Kier alpha value is -2.83. The maximum Gasteiger partial charge on any atom is 0.411 e. The summed E-state index contributed by atoms with van der Waals surface area (Å²) in [4.78, 5) is 42.2. The molecule has 2 heterocycles. The molecule has 0 unspecified atom stereocenters. The van der Waals surface area contributed by atoms with E-state index in [4.69, 9.17) is 9.47 Å². The van der Waals surface area contributed by atoms with Crippen molar-refractivity contribution in [3.05, 3.63) is 36.0 Å². The van der Waals surface area contributed by atoms with Crippen LogP contribution in [-0.2, 0) is 14.3 Å². The number of carbonyl (C=O) groups is 3. The minimum Gasteiger partial charge on any atom is -0.453 e. The Morgan fingerprint density at radius 2 is 1.93 bits per heavy atom. The molecular weight excluding hydrogens is 360 g/mol. The topological polar surface area (TPSA) is 88.7 Å². The second-order valence-corrected chi connectivity index (χ2v) is 8.02. The van der Waals surface area contributed by atoms with Gasteiger partial charge in [-0.1, -0.05) is 18.2 Å². The number of hydrogen-bond donors (Lipinski definition) is 1. The lowest BCUT2D eigenvalue weighted by Gasteiger charge is -2.28. The predicted octanol–water partition coefficient (Wildman–Crippen LogP) is 3.68. The minimum absolute atomic E-state index is 0.285. The summed E-state index contributed by atoms with van der Waals surface area (Å²) in [6.45, 7) is 7.30. The van der Waals surface area contributed by atoms with Crippen molar-refractivity contribution in [3.63, 3.8) is 0 Å². The normalized spacial score (nSPS) is 18.1. The Morgan fingerprint density at radius 1 is 1.21 bits per heavy atom. The summed E-state index contributed by atoms with van der Waals surface area (Å²) in [5.74, 6) is -0.864. The van der Waals surface area contributed by atoms with E-state index in [1.807, 2.05) is 24.3 Å². The van der Waals surface area contributed by atoms with E-state index in [2.05, 4.69) is 4.98 Å². The summed E-state index contributed by atoms with van der Waals surface area (Å²) in [5, 5.41) is 0.784. The minimum atomic E-state index is -0.951. The van der Waals surface area contributed by atoms with Crippen molar-refractivity contribution in [1.82, 2.24) is 9.88 Å². The molecule has 150 valence electrons. The van der Waals surface area contributed by atoms with E-state index in [1.54, 1.807) is 33.9 Å². The lowest BCUT2D eigenvalue weighted by Crippen LogP contribution is -2.45. The highest BCUT2D eigenvalue weighted by Crippen LogP contribution is 2.24.